The van der Waals surface area contributed by atoms with Gasteiger partial charge in [0.15, 0.2) is 0 Å². The fourth-order valence-electron chi connectivity index (χ4n) is 3.98. The van der Waals surface area contributed by atoms with Crippen molar-refractivity contribution in [2.24, 2.45) is 0 Å². The number of sulfonamides is 1. The molecule has 1 N–H and O–H groups in total. The fourth-order valence-corrected chi connectivity index (χ4v) is 5.52. The summed E-state index contributed by atoms with van der Waals surface area (Å²) in [6, 6.07) is 10.4. The lowest BCUT2D eigenvalue weighted by Gasteiger charge is -2.21. The van der Waals surface area contributed by atoms with Crippen molar-refractivity contribution < 1.29 is 17.9 Å². The standard InChI is InChI=1S/C24H32N2O4S/c1-17(2)20-11-9-10-18(3)23(20)25-24(27)21-16-19(12-13-22(21)30-4)31(28,29)26-14-7-5-6-8-15-26/h9-13,16-17H,5-8,14-15H2,1-4H3,(H,25,27). The first-order chi connectivity index (χ1) is 14.8. The second-order valence-electron chi connectivity index (χ2n) is 8.33. The van der Waals surface area contributed by atoms with Gasteiger partial charge in [-0.15, -0.1) is 0 Å². The van der Waals surface area contributed by atoms with E-state index in [9.17, 15) is 13.2 Å². The van der Waals surface area contributed by atoms with Gasteiger partial charge >= 0.3 is 0 Å². The highest BCUT2D eigenvalue weighted by Gasteiger charge is 2.27. The number of rotatable bonds is 6. The molecule has 1 aliphatic heterocycles. The van der Waals surface area contributed by atoms with Crippen LogP contribution in [0.2, 0.25) is 0 Å². The van der Waals surface area contributed by atoms with E-state index in [0.29, 0.717) is 18.8 Å². The molecular weight excluding hydrogens is 412 g/mol. The number of nitrogens with one attached hydrogen (secondary N) is 1. The molecule has 1 heterocycles. The average molecular weight is 445 g/mol. The van der Waals surface area contributed by atoms with Crippen molar-refractivity contribution in [2.45, 2.75) is 57.3 Å². The first-order valence-corrected chi connectivity index (χ1v) is 12.3. The van der Waals surface area contributed by atoms with E-state index in [0.717, 1.165) is 42.5 Å². The number of amides is 1. The zero-order valence-corrected chi connectivity index (χ0v) is 19.6. The Morgan fingerprint density at radius 3 is 2.35 bits per heavy atom. The van der Waals surface area contributed by atoms with Crippen molar-refractivity contribution in [3.8, 4) is 5.75 Å². The lowest BCUT2D eigenvalue weighted by atomic mass is 9.98. The highest BCUT2D eigenvalue weighted by Crippen LogP contribution is 2.30. The van der Waals surface area contributed by atoms with Gasteiger partial charge in [-0.1, -0.05) is 44.9 Å². The van der Waals surface area contributed by atoms with Gasteiger partial charge in [-0.05, 0) is 55.0 Å². The van der Waals surface area contributed by atoms with Crippen LogP contribution in [0.5, 0.6) is 5.75 Å². The van der Waals surface area contributed by atoms with Crippen LogP contribution in [0.15, 0.2) is 41.3 Å². The maximum absolute atomic E-state index is 13.2. The van der Waals surface area contributed by atoms with Crippen LogP contribution in [0.4, 0.5) is 5.69 Å². The lowest BCUT2D eigenvalue weighted by molar-refractivity contribution is 0.102. The molecule has 31 heavy (non-hydrogen) atoms. The summed E-state index contributed by atoms with van der Waals surface area (Å²) < 4.78 is 33.4. The Morgan fingerprint density at radius 2 is 1.74 bits per heavy atom. The van der Waals surface area contributed by atoms with Gasteiger partial charge in [0.05, 0.1) is 17.6 Å². The van der Waals surface area contributed by atoms with Crippen LogP contribution in [0.1, 0.15) is 66.9 Å². The molecule has 0 saturated carbocycles. The Bertz CT molecular complexity index is 1040. The first-order valence-electron chi connectivity index (χ1n) is 10.8. The van der Waals surface area contributed by atoms with Crippen molar-refractivity contribution in [2.75, 3.05) is 25.5 Å². The third-order valence-corrected chi connectivity index (χ3v) is 7.68. The highest BCUT2D eigenvalue weighted by atomic mass is 32.2. The maximum atomic E-state index is 13.2. The molecule has 3 rings (SSSR count). The van der Waals surface area contributed by atoms with Crippen LogP contribution in [0.25, 0.3) is 0 Å². The van der Waals surface area contributed by atoms with E-state index in [4.69, 9.17) is 4.74 Å². The third kappa shape index (κ3) is 5.10. The summed E-state index contributed by atoms with van der Waals surface area (Å²) in [5, 5.41) is 2.99. The van der Waals surface area contributed by atoms with Crippen molar-refractivity contribution in [3.05, 3.63) is 53.1 Å². The van der Waals surface area contributed by atoms with Crippen molar-refractivity contribution in [1.29, 1.82) is 0 Å². The topological polar surface area (TPSA) is 75.7 Å². The Labute approximate surface area is 185 Å². The molecule has 0 spiro atoms. The zero-order valence-electron chi connectivity index (χ0n) is 18.8. The lowest BCUT2D eigenvalue weighted by Crippen LogP contribution is -2.32. The predicted molar refractivity (Wildman–Crippen MR) is 123 cm³/mol. The number of aryl methyl sites for hydroxylation is 1. The summed E-state index contributed by atoms with van der Waals surface area (Å²) in [6.07, 6.45) is 3.79. The zero-order chi connectivity index (χ0) is 22.6. The number of nitrogens with zero attached hydrogens (tertiary/aromatic N) is 1. The summed E-state index contributed by atoms with van der Waals surface area (Å²) in [6.45, 7) is 7.10. The molecule has 1 amide bonds. The van der Waals surface area contributed by atoms with E-state index in [1.54, 1.807) is 6.07 Å². The molecular formula is C24H32N2O4S. The third-order valence-electron chi connectivity index (χ3n) is 5.78. The summed E-state index contributed by atoms with van der Waals surface area (Å²) in [5.74, 6) is 0.180. The van der Waals surface area contributed by atoms with Gasteiger partial charge in [-0.2, -0.15) is 4.31 Å². The molecule has 2 aromatic rings. The summed E-state index contributed by atoms with van der Waals surface area (Å²) in [4.78, 5) is 13.4. The molecule has 0 aromatic heterocycles. The van der Waals surface area contributed by atoms with Gasteiger partial charge in [0.2, 0.25) is 10.0 Å². The van der Waals surface area contributed by atoms with Crippen LogP contribution in [-0.2, 0) is 10.0 Å². The van der Waals surface area contributed by atoms with Gasteiger partial charge in [0, 0.05) is 18.8 Å². The van der Waals surface area contributed by atoms with Crippen LogP contribution in [0.3, 0.4) is 0 Å². The minimum atomic E-state index is -3.67. The predicted octanol–water partition coefficient (Wildman–Crippen LogP) is 4.94. The molecule has 2 aromatic carbocycles. The number of benzene rings is 2. The summed E-state index contributed by atoms with van der Waals surface area (Å²) >= 11 is 0. The van der Waals surface area contributed by atoms with Crippen molar-refractivity contribution >= 4 is 21.6 Å². The smallest absolute Gasteiger partial charge is 0.259 e. The Balaban J connectivity index is 1.97. The Hall–Kier alpha value is -2.38. The van der Waals surface area contributed by atoms with Crippen LogP contribution in [-0.4, -0.2) is 38.8 Å². The number of hydrogen-bond acceptors (Lipinski definition) is 4. The molecule has 1 saturated heterocycles. The van der Waals surface area contributed by atoms with Crippen LogP contribution in [0, 0.1) is 6.92 Å². The number of hydrogen-bond donors (Lipinski definition) is 1. The number of anilines is 1. The van der Waals surface area contributed by atoms with Gasteiger partial charge in [0.1, 0.15) is 5.75 Å². The average Bonchev–Trinajstić information content (AvgIpc) is 3.04. The number of ether oxygens (including phenoxy) is 1. The highest BCUT2D eigenvalue weighted by molar-refractivity contribution is 7.89. The molecule has 1 aliphatic rings. The first kappa shape index (κ1) is 23.3. The maximum Gasteiger partial charge on any atom is 0.259 e. The number of carbonyl (C=O) groups excluding carboxylic acids is 1. The molecule has 0 radical (unpaired) electrons. The fraction of sp³-hybridized carbons (Fsp3) is 0.458. The Morgan fingerprint density at radius 1 is 1.06 bits per heavy atom. The van der Waals surface area contributed by atoms with Gasteiger partial charge < -0.3 is 10.1 Å². The normalized spacial score (nSPS) is 15.5. The molecule has 0 atom stereocenters. The van der Waals surface area contributed by atoms with Crippen LogP contribution >= 0.6 is 0 Å². The summed E-state index contributed by atoms with van der Waals surface area (Å²) in [5.41, 5.74) is 2.94. The monoisotopic (exact) mass is 444 g/mol. The minimum Gasteiger partial charge on any atom is -0.496 e. The second-order valence-corrected chi connectivity index (χ2v) is 10.3. The van der Waals surface area contributed by atoms with E-state index in [1.165, 1.54) is 23.5 Å². The molecule has 1 fully saturated rings. The number of carbonyl (C=O) groups is 1. The van der Waals surface area contributed by atoms with Crippen LogP contribution < -0.4 is 10.1 Å². The molecule has 7 heteroatoms. The van der Waals surface area contributed by atoms with Gasteiger partial charge in [-0.25, -0.2) is 8.42 Å². The molecule has 168 valence electrons. The van der Waals surface area contributed by atoms with E-state index in [1.807, 2.05) is 25.1 Å². The van der Waals surface area contributed by atoms with E-state index in [2.05, 4.69) is 19.2 Å². The molecule has 0 bridgehead atoms. The van der Waals surface area contributed by atoms with Gasteiger partial charge in [0.25, 0.3) is 5.91 Å². The molecule has 6 nitrogen and oxygen atoms in total. The second kappa shape index (κ2) is 9.83. The number of para-hydroxylation sites is 1. The number of methoxy groups -OCH3 is 1. The van der Waals surface area contributed by atoms with Gasteiger partial charge in [-0.3, -0.25) is 4.79 Å². The van der Waals surface area contributed by atoms with Crippen molar-refractivity contribution in [3.63, 3.8) is 0 Å². The van der Waals surface area contributed by atoms with Crippen molar-refractivity contribution in [1.82, 2.24) is 4.31 Å². The Kier molecular flexibility index (Phi) is 7.38. The quantitative estimate of drug-likeness (QED) is 0.684. The SMILES string of the molecule is COc1ccc(S(=O)(=O)N2CCCCCC2)cc1C(=O)Nc1c(C)cccc1C(C)C. The van der Waals surface area contributed by atoms with E-state index >= 15 is 0 Å². The molecule has 0 unspecified atom stereocenters. The van der Waals surface area contributed by atoms with E-state index in [-0.39, 0.29) is 22.3 Å². The minimum absolute atomic E-state index is 0.120. The largest absolute Gasteiger partial charge is 0.496 e. The summed E-state index contributed by atoms with van der Waals surface area (Å²) in [7, 11) is -2.20. The van der Waals surface area contributed by atoms with E-state index < -0.39 is 10.0 Å². The molecule has 0 aliphatic carbocycles.